The van der Waals surface area contributed by atoms with Crippen molar-refractivity contribution in [3.8, 4) is 0 Å². The molecule has 1 aromatic rings. The van der Waals surface area contributed by atoms with E-state index in [9.17, 15) is 4.79 Å². The highest BCUT2D eigenvalue weighted by Gasteiger charge is 2.26. The Balaban J connectivity index is 2.93. The number of ketones is 1. The van der Waals surface area contributed by atoms with Gasteiger partial charge in [-0.05, 0) is 52.7 Å². The molecule has 0 radical (unpaired) electrons. The fourth-order valence-electron chi connectivity index (χ4n) is 2.67. The van der Waals surface area contributed by atoms with Gasteiger partial charge in [-0.25, -0.2) is 0 Å². The van der Waals surface area contributed by atoms with Crippen LogP contribution < -0.4 is 0 Å². The van der Waals surface area contributed by atoms with Gasteiger partial charge in [0.1, 0.15) is 0 Å². The maximum atomic E-state index is 12.7. The molecule has 0 fully saturated rings. The number of nitrogens with zero attached hydrogens (tertiary/aromatic N) is 2. The summed E-state index contributed by atoms with van der Waals surface area (Å²) in [5, 5.41) is 0.952. The van der Waals surface area contributed by atoms with Crippen molar-refractivity contribution in [2.45, 2.75) is 32.9 Å². The minimum atomic E-state index is -0.219. The van der Waals surface area contributed by atoms with E-state index in [1.54, 1.807) is 18.2 Å². The van der Waals surface area contributed by atoms with E-state index in [0.29, 0.717) is 15.6 Å². The van der Waals surface area contributed by atoms with Gasteiger partial charge < -0.3 is 4.90 Å². The summed E-state index contributed by atoms with van der Waals surface area (Å²) < 4.78 is 0. The highest BCUT2D eigenvalue weighted by molar-refractivity contribution is 6.37. The van der Waals surface area contributed by atoms with Crippen LogP contribution >= 0.6 is 23.2 Å². The van der Waals surface area contributed by atoms with Gasteiger partial charge >= 0.3 is 0 Å². The average molecular weight is 331 g/mol. The van der Waals surface area contributed by atoms with Crippen molar-refractivity contribution in [3.05, 3.63) is 33.8 Å². The predicted molar refractivity (Wildman–Crippen MR) is 90.7 cm³/mol. The largest absolute Gasteiger partial charge is 0.308 e. The van der Waals surface area contributed by atoms with E-state index < -0.39 is 0 Å². The van der Waals surface area contributed by atoms with Crippen molar-refractivity contribution >= 4 is 29.0 Å². The Morgan fingerprint density at radius 1 is 1.24 bits per heavy atom. The quantitative estimate of drug-likeness (QED) is 0.710. The maximum Gasteiger partial charge on any atom is 0.181 e. The number of likely N-dealkylation sites (N-methyl/N-ethyl adjacent to an activating group) is 2. The first kappa shape index (κ1) is 18.4. The van der Waals surface area contributed by atoms with Crippen LogP contribution in [0.25, 0.3) is 0 Å². The van der Waals surface area contributed by atoms with E-state index in [2.05, 4.69) is 23.6 Å². The summed E-state index contributed by atoms with van der Waals surface area (Å²) in [5.74, 6) is 0.0316. The van der Waals surface area contributed by atoms with Gasteiger partial charge in [-0.3, -0.25) is 9.69 Å². The first-order valence-electron chi connectivity index (χ1n) is 7.17. The predicted octanol–water partition coefficient (Wildman–Crippen LogP) is 3.84. The maximum absolute atomic E-state index is 12.7. The fraction of sp³-hybridized carbons (Fsp3) is 0.562. The van der Waals surface area contributed by atoms with Gasteiger partial charge in [0.2, 0.25) is 0 Å². The SMILES string of the molecule is CCN(C(C)CN(C)C)C(C)C(=O)c1ccc(Cl)cc1Cl. The summed E-state index contributed by atoms with van der Waals surface area (Å²) in [4.78, 5) is 17.0. The Morgan fingerprint density at radius 3 is 2.33 bits per heavy atom. The molecular weight excluding hydrogens is 307 g/mol. The minimum Gasteiger partial charge on any atom is -0.308 e. The van der Waals surface area contributed by atoms with Gasteiger partial charge in [-0.2, -0.15) is 0 Å². The average Bonchev–Trinajstić information content (AvgIpc) is 2.37. The van der Waals surface area contributed by atoms with Crippen LogP contribution in [0.5, 0.6) is 0 Å². The Morgan fingerprint density at radius 2 is 1.86 bits per heavy atom. The lowest BCUT2D eigenvalue weighted by Crippen LogP contribution is -2.48. The Hall–Kier alpha value is -0.610. The first-order chi connectivity index (χ1) is 9.77. The number of carbonyl (C=O) groups excluding carboxylic acids is 1. The number of carbonyl (C=O) groups is 1. The van der Waals surface area contributed by atoms with Crippen LogP contribution in [0.15, 0.2) is 18.2 Å². The third kappa shape index (κ3) is 4.96. The van der Waals surface area contributed by atoms with E-state index in [-0.39, 0.29) is 17.9 Å². The molecule has 5 heteroatoms. The normalized spacial score (nSPS) is 14.5. The molecule has 0 N–H and O–H groups in total. The molecule has 0 heterocycles. The fourth-order valence-corrected chi connectivity index (χ4v) is 3.17. The summed E-state index contributed by atoms with van der Waals surface area (Å²) in [6.07, 6.45) is 0. The van der Waals surface area contributed by atoms with E-state index in [1.807, 2.05) is 21.0 Å². The third-order valence-corrected chi connectivity index (χ3v) is 4.18. The highest BCUT2D eigenvalue weighted by Crippen LogP contribution is 2.23. The second kappa shape index (κ2) is 8.14. The third-order valence-electron chi connectivity index (χ3n) is 3.63. The molecule has 0 saturated heterocycles. The van der Waals surface area contributed by atoms with Crippen molar-refractivity contribution in [1.82, 2.24) is 9.80 Å². The molecule has 1 aromatic carbocycles. The van der Waals surface area contributed by atoms with Crippen LogP contribution in [0.4, 0.5) is 0 Å². The van der Waals surface area contributed by atoms with Gasteiger partial charge in [0.15, 0.2) is 5.78 Å². The van der Waals surface area contributed by atoms with Crippen molar-refractivity contribution < 1.29 is 4.79 Å². The van der Waals surface area contributed by atoms with Crippen molar-refractivity contribution in [1.29, 1.82) is 0 Å². The van der Waals surface area contributed by atoms with Crippen LogP contribution in [0, 0.1) is 0 Å². The molecule has 0 bridgehead atoms. The Bertz CT molecular complexity index is 491. The second-order valence-electron chi connectivity index (χ2n) is 5.61. The molecule has 0 aliphatic rings. The van der Waals surface area contributed by atoms with E-state index in [4.69, 9.17) is 23.2 Å². The summed E-state index contributed by atoms with van der Waals surface area (Å²) >= 11 is 12.0. The van der Waals surface area contributed by atoms with Crippen LogP contribution in [0.2, 0.25) is 10.0 Å². The van der Waals surface area contributed by atoms with Gasteiger partial charge in [0.05, 0.1) is 11.1 Å². The molecule has 0 aliphatic carbocycles. The number of Topliss-reactive ketones (excluding diaryl/α,β-unsaturated/α-hetero) is 1. The Labute approximate surface area is 137 Å². The van der Waals surface area contributed by atoms with Crippen LogP contribution in [-0.4, -0.2) is 54.9 Å². The van der Waals surface area contributed by atoms with Gasteiger partial charge in [0, 0.05) is 23.2 Å². The number of hydrogen-bond acceptors (Lipinski definition) is 3. The highest BCUT2D eigenvalue weighted by atomic mass is 35.5. The van der Waals surface area contributed by atoms with Crippen LogP contribution in [0.1, 0.15) is 31.1 Å². The summed E-state index contributed by atoms with van der Waals surface area (Å²) in [6.45, 7) is 7.85. The molecule has 0 aromatic heterocycles. The lowest BCUT2D eigenvalue weighted by atomic mass is 10.0. The van der Waals surface area contributed by atoms with Crippen molar-refractivity contribution in [2.24, 2.45) is 0 Å². The van der Waals surface area contributed by atoms with Gasteiger partial charge in [-0.15, -0.1) is 0 Å². The lowest BCUT2D eigenvalue weighted by molar-refractivity contribution is 0.0757. The van der Waals surface area contributed by atoms with Gasteiger partial charge in [-0.1, -0.05) is 30.1 Å². The monoisotopic (exact) mass is 330 g/mol. The van der Waals surface area contributed by atoms with Crippen molar-refractivity contribution in [3.63, 3.8) is 0 Å². The molecule has 2 atom stereocenters. The zero-order valence-corrected chi connectivity index (χ0v) is 14.9. The molecule has 1 rings (SSSR count). The minimum absolute atomic E-state index is 0.0316. The van der Waals surface area contributed by atoms with Crippen LogP contribution in [0.3, 0.4) is 0 Å². The van der Waals surface area contributed by atoms with E-state index in [0.717, 1.165) is 13.1 Å². The molecule has 0 amide bonds. The van der Waals surface area contributed by atoms with Gasteiger partial charge in [0.25, 0.3) is 0 Å². The lowest BCUT2D eigenvalue weighted by Gasteiger charge is -2.34. The zero-order valence-electron chi connectivity index (χ0n) is 13.4. The molecule has 3 nitrogen and oxygen atoms in total. The molecule has 0 saturated carbocycles. The summed E-state index contributed by atoms with van der Waals surface area (Å²) in [7, 11) is 4.07. The topological polar surface area (TPSA) is 23.6 Å². The summed E-state index contributed by atoms with van der Waals surface area (Å²) in [6, 6.07) is 5.09. The van der Waals surface area contributed by atoms with Crippen molar-refractivity contribution in [2.75, 3.05) is 27.2 Å². The van der Waals surface area contributed by atoms with E-state index in [1.165, 1.54) is 0 Å². The molecular formula is C16H24Cl2N2O. The second-order valence-corrected chi connectivity index (χ2v) is 6.45. The first-order valence-corrected chi connectivity index (χ1v) is 7.93. The smallest absolute Gasteiger partial charge is 0.181 e. The molecule has 0 spiro atoms. The Kier molecular flexibility index (Phi) is 7.14. The zero-order chi connectivity index (χ0) is 16.2. The number of rotatable bonds is 7. The number of hydrogen-bond donors (Lipinski definition) is 0. The molecule has 118 valence electrons. The van der Waals surface area contributed by atoms with Crippen LogP contribution in [-0.2, 0) is 0 Å². The standard InChI is InChI=1S/C16H24Cl2N2O/c1-6-20(11(2)10-19(4)5)12(3)16(21)14-8-7-13(17)9-15(14)18/h7-9,11-12H,6,10H2,1-5H3. The molecule has 2 unspecified atom stereocenters. The summed E-state index contributed by atoms with van der Waals surface area (Å²) in [5.41, 5.74) is 0.532. The number of halogens is 2. The van der Waals surface area contributed by atoms with E-state index >= 15 is 0 Å². The molecule has 0 aliphatic heterocycles. The number of benzene rings is 1. The molecule has 21 heavy (non-hydrogen) atoms.